The number of aliphatic hydroxyl groups excluding tert-OH is 1. The Kier molecular flexibility index (Phi) is 6.16. The van der Waals surface area contributed by atoms with Crippen LogP contribution in [0.1, 0.15) is 17.3 Å². The lowest BCUT2D eigenvalue weighted by Crippen LogP contribution is -2.31. The van der Waals surface area contributed by atoms with Crippen molar-refractivity contribution < 1.29 is 9.90 Å². The zero-order chi connectivity index (χ0) is 15.3. The van der Waals surface area contributed by atoms with Crippen LogP contribution in [0.4, 0.5) is 11.4 Å². The van der Waals surface area contributed by atoms with E-state index < -0.39 is 0 Å². The second kappa shape index (κ2) is 7.40. The molecule has 0 fully saturated rings. The fraction of sp³-hybridized carbons (Fsp3) is 0.500. The van der Waals surface area contributed by atoms with Crippen LogP contribution < -0.4 is 11.1 Å². The largest absolute Gasteiger partial charge is 0.397 e. The van der Waals surface area contributed by atoms with Gasteiger partial charge in [0.25, 0.3) is 5.91 Å². The van der Waals surface area contributed by atoms with E-state index in [1.165, 1.54) is 4.90 Å². The third kappa shape index (κ3) is 4.05. The molecule has 0 heterocycles. The predicted octanol–water partition coefficient (Wildman–Crippen LogP) is 1.49. The average Bonchev–Trinajstić information content (AvgIpc) is 2.41. The van der Waals surface area contributed by atoms with E-state index >= 15 is 0 Å². The molecule has 5 nitrogen and oxygen atoms in total. The molecule has 112 valence electrons. The summed E-state index contributed by atoms with van der Waals surface area (Å²) >= 11 is 1.59. The van der Waals surface area contributed by atoms with Gasteiger partial charge in [0.1, 0.15) is 0 Å². The molecular weight excluding hydrogens is 274 g/mol. The first-order chi connectivity index (χ1) is 9.40. The summed E-state index contributed by atoms with van der Waals surface area (Å²) in [6.45, 7) is 2.07. The van der Waals surface area contributed by atoms with Crippen molar-refractivity contribution in [1.82, 2.24) is 4.90 Å². The number of hydrogen-bond donors (Lipinski definition) is 3. The van der Waals surface area contributed by atoms with Gasteiger partial charge in [-0.2, -0.15) is 11.8 Å². The van der Waals surface area contributed by atoms with Gasteiger partial charge in [0.15, 0.2) is 0 Å². The fourth-order valence-electron chi connectivity index (χ4n) is 1.85. The number of nitrogens with zero attached hydrogens (tertiary/aromatic N) is 1. The summed E-state index contributed by atoms with van der Waals surface area (Å²) in [7, 11) is 3.42. The van der Waals surface area contributed by atoms with E-state index in [9.17, 15) is 9.90 Å². The van der Waals surface area contributed by atoms with Crippen molar-refractivity contribution >= 4 is 29.0 Å². The first kappa shape index (κ1) is 16.7. The molecule has 0 radical (unpaired) electrons. The minimum Gasteiger partial charge on any atom is -0.397 e. The third-order valence-corrected chi connectivity index (χ3v) is 4.29. The van der Waals surface area contributed by atoms with Crippen LogP contribution in [0.2, 0.25) is 0 Å². The number of rotatable bonds is 6. The van der Waals surface area contributed by atoms with Crippen LogP contribution in [0, 0.1) is 0 Å². The molecular formula is C14H23N3O2S. The molecule has 0 aliphatic rings. The standard InChI is InChI=1S/C14H23N3O2S/c1-9(13(8-18)20-4)16-12-7-10(5-6-11(12)15)14(19)17(2)3/h5-7,9,13,16,18H,8,15H2,1-4H3. The number of amides is 1. The van der Waals surface area contributed by atoms with E-state index in [0.717, 1.165) is 5.69 Å². The predicted molar refractivity (Wildman–Crippen MR) is 86.3 cm³/mol. The van der Waals surface area contributed by atoms with Gasteiger partial charge >= 0.3 is 0 Å². The fourth-order valence-corrected chi connectivity index (χ4v) is 2.47. The lowest BCUT2D eigenvalue weighted by atomic mass is 10.1. The summed E-state index contributed by atoms with van der Waals surface area (Å²) < 4.78 is 0. The van der Waals surface area contributed by atoms with Gasteiger partial charge in [-0.25, -0.2) is 0 Å². The van der Waals surface area contributed by atoms with Gasteiger partial charge in [-0.3, -0.25) is 4.79 Å². The number of benzene rings is 1. The number of thioether (sulfide) groups is 1. The van der Waals surface area contributed by atoms with Gasteiger partial charge in [-0.1, -0.05) is 0 Å². The number of nitrogen functional groups attached to an aromatic ring is 1. The zero-order valence-electron chi connectivity index (χ0n) is 12.4. The van der Waals surface area contributed by atoms with E-state index in [0.29, 0.717) is 11.3 Å². The van der Waals surface area contributed by atoms with Gasteiger partial charge in [-0.05, 0) is 31.4 Å². The summed E-state index contributed by atoms with van der Waals surface area (Å²) in [5, 5.41) is 12.6. The van der Waals surface area contributed by atoms with Gasteiger partial charge < -0.3 is 21.1 Å². The Labute approximate surface area is 124 Å². The molecule has 0 saturated heterocycles. The monoisotopic (exact) mass is 297 g/mol. The molecule has 0 aromatic heterocycles. The lowest BCUT2D eigenvalue weighted by molar-refractivity contribution is 0.0827. The molecule has 1 aromatic rings. The van der Waals surface area contributed by atoms with E-state index in [4.69, 9.17) is 5.73 Å². The number of nitrogens with one attached hydrogen (secondary N) is 1. The van der Waals surface area contributed by atoms with Gasteiger partial charge in [-0.15, -0.1) is 0 Å². The first-order valence-electron chi connectivity index (χ1n) is 6.42. The highest BCUT2D eigenvalue weighted by Gasteiger charge is 2.17. The van der Waals surface area contributed by atoms with Gasteiger partial charge in [0, 0.05) is 31.0 Å². The molecule has 1 amide bonds. The minimum absolute atomic E-state index is 0.0435. The van der Waals surface area contributed by atoms with Gasteiger partial charge in [0.2, 0.25) is 0 Å². The summed E-state index contributed by atoms with van der Waals surface area (Å²) in [6.07, 6.45) is 1.95. The maximum absolute atomic E-state index is 12.0. The van der Waals surface area contributed by atoms with E-state index in [2.05, 4.69) is 5.32 Å². The highest BCUT2D eigenvalue weighted by atomic mass is 32.2. The second-order valence-electron chi connectivity index (χ2n) is 4.89. The smallest absolute Gasteiger partial charge is 0.253 e. The molecule has 4 N–H and O–H groups in total. The van der Waals surface area contributed by atoms with Crippen molar-refractivity contribution in [2.45, 2.75) is 18.2 Å². The quantitative estimate of drug-likeness (QED) is 0.694. The Morgan fingerprint density at radius 2 is 2.15 bits per heavy atom. The molecule has 0 saturated carbocycles. The molecule has 0 bridgehead atoms. The van der Waals surface area contributed by atoms with Crippen LogP contribution >= 0.6 is 11.8 Å². The van der Waals surface area contributed by atoms with Crippen molar-refractivity contribution in [3.8, 4) is 0 Å². The van der Waals surface area contributed by atoms with Crippen LogP contribution in [0.3, 0.4) is 0 Å². The Balaban J connectivity index is 2.94. The number of hydrogen-bond acceptors (Lipinski definition) is 5. The topological polar surface area (TPSA) is 78.6 Å². The van der Waals surface area contributed by atoms with Gasteiger partial charge in [0.05, 0.1) is 18.0 Å². The van der Waals surface area contributed by atoms with Crippen LogP contribution in [-0.2, 0) is 0 Å². The molecule has 2 unspecified atom stereocenters. The lowest BCUT2D eigenvalue weighted by Gasteiger charge is -2.23. The Bertz CT molecular complexity index is 462. The van der Waals surface area contributed by atoms with E-state index in [1.54, 1.807) is 44.1 Å². The number of carbonyl (C=O) groups is 1. The number of nitrogens with two attached hydrogens (primary N) is 1. The third-order valence-electron chi connectivity index (χ3n) is 3.13. The van der Waals surface area contributed by atoms with E-state index in [-0.39, 0.29) is 23.8 Å². The Morgan fingerprint density at radius 1 is 1.50 bits per heavy atom. The molecule has 0 spiro atoms. The highest BCUT2D eigenvalue weighted by molar-refractivity contribution is 7.99. The van der Waals surface area contributed by atoms with Crippen molar-refractivity contribution in [2.75, 3.05) is 38.0 Å². The second-order valence-corrected chi connectivity index (χ2v) is 5.97. The maximum Gasteiger partial charge on any atom is 0.253 e. The summed E-state index contributed by atoms with van der Waals surface area (Å²) in [4.78, 5) is 13.5. The SMILES string of the molecule is CSC(CO)C(C)Nc1cc(C(=O)N(C)C)ccc1N. The summed E-state index contributed by atoms with van der Waals surface area (Å²) in [5.74, 6) is -0.0655. The zero-order valence-corrected chi connectivity index (χ0v) is 13.2. The van der Waals surface area contributed by atoms with Crippen LogP contribution in [-0.4, -0.2) is 54.2 Å². The molecule has 6 heteroatoms. The maximum atomic E-state index is 12.0. The number of aliphatic hydroxyl groups is 1. The normalized spacial score (nSPS) is 13.7. The Morgan fingerprint density at radius 3 is 2.65 bits per heavy atom. The molecule has 0 aliphatic carbocycles. The molecule has 2 atom stereocenters. The van der Waals surface area contributed by atoms with Crippen molar-refractivity contribution in [3.05, 3.63) is 23.8 Å². The Hall–Kier alpha value is -1.40. The van der Waals surface area contributed by atoms with Crippen molar-refractivity contribution in [1.29, 1.82) is 0 Å². The van der Waals surface area contributed by atoms with Crippen LogP contribution in [0.25, 0.3) is 0 Å². The van der Waals surface area contributed by atoms with E-state index in [1.807, 2.05) is 13.2 Å². The summed E-state index contributed by atoms with van der Waals surface area (Å²) in [5.41, 5.74) is 7.84. The molecule has 20 heavy (non-hydrogen) atoms. The molecule has 0 aliphatic heterocycles. The van der Waals surface area contributed by atoms with Crippen molar-refractivity contribution in [3.63, 3.8) is 0 Å². The first-order valence-corrected chi connectivity index (χ1v) is 7.70. The summed E-state index contributed by atoms with van der Waals surface area (Å²) in [6, 6.07) is 5.23. The molecule has 1 rings (SSSR count). The minimum atomic E-state index is -0.0655. The molecule has 1 aromatic carbocycles. The highest BCUT2D eigenvalue weighted by Crippen LogP contribution is 2.24. The number of anilines is 2. The average molecular weight is 297 g/mol. The van der Waals surface area contributed by atoms with Crippen LogP contribution in [0.5, 0.6) is 0 Å². The van der Waals surface area contributed by atoms with Crippen molar-refractivity contribution in [2.24, 2.45) is 0 Å². The number of carbonyl (C=O) groups excluding carboxylic acids is 1. The van der Waals surface area contributed by atoms with Crippen LogP contribution in [0.15, 0.2) is 18.2 Å².